The first-order chi connectivity index (χ1) is 13.0. The Morgan fingerprint density at radius 2 is 1.93 bits per heavy atom. The van der Waals surface area contributed by atoms with Crippen molar-refractivity contribution in [1.82, 2.24) is 14.8 Å². The number of amides is 1. The van der Waals surface area contributed by atoms with Crippen LogP contribution in [0.1, 0.15) is 30.5 Å². The fourth-order valence-corrected chi connectivity index (χ4v) is 3.03. The predicted molar refractivity (Wildman–Crippen MR) is 92.3 cm³/mol. The summed E-state index contributed by atoms with van der Waals surface area (Å²) >= 11 is 0. The predicted octanol–water partition coefficient (Wildman–Crippen LogP) is 4.01. The maximum absolute atomic E-state index is 14.1. The molecule has 1 aliphatic rings. The maximum atomic E-state index is 14.1. The lowest BCUT2D eigenvalue weighted by atomic mass is 9.94. The van der Waals surface area contributed by atoms with Gasteiger partial charge in [0.1, 0.15) is 11.5 Å². The zero-order valence-corrected chi connectivity index (χ0v) is 14.1. The fourth-order valence-electron chi connectivity index (χ4n) is 3.03. The Hall–Kier alpha value is -3.16. The molecule has 138 valence electrons. The zero-order chi connectivity index (χ0) is 19.0. The van der Waals surface area contributed by atoms with E-state index in [-0.39, 0.29) is 11.6 Å². The van der Waals surface area contributed by atoms with E-state index in [2.05, 4.69) is 15.4 Å². The monoisotopic (exact) mass is 372 g/mol. The van der Waals surface area contributed by atoms with E-state index in [4.69, 9.17) is 0 Å². The minimum Gasteiger partial charge on any atom is -0.308 e. The van der Waals surface area contributed by atoms with E-state index >= 15 is 0 Å². The van der Waals surface area contributed by atoms with Gasteiger partial charge in [0, 0.05) is 17.8 Å². The van der Waals surface area contributed by atoms with Gasteiger partial charge in [0.25, 0.3) is 6.43 Å². The molecule has 2 heterocycles. The van der Waals surface area contributed by atoms with E-state index < -0.39 is 17.7 Å². The number of nitrogens with one attached hydrogen (secondary N) is 1. The van der Waals surface area contributed by atoms with Crippen LogP contribution in [-0.2, 0) is 10.2 Å². The van der Waals surface area contributed by atoms with Crippen molar-refractivity contribution in [2.75, 3.05) is 5.32 Å². The standard InChI is InChI=1S/C19H15F3N4O/c20-14-4-2-1-3-13(14)19(8-9-19)18(27)24-16-7-10-26(25-16)12-5-6-15(17(21)22)23-11-12/h1-7,10-11,17H,8-9H2,(H,24,25,27). The van der Waals surface area contributed by atoms with Gasteiger partial charge in [-0.2, -0.15) is 5.10 Å². The zero-order valence-electron chi connectivity index (χ0n) is 14.1. The molecule has 1 N–H and O–H groups in total. The van der Waals surface area contributed by atoms with E-state index in [1.807, 2.05) is 0 Å². The number of nitrogens with zero attached hydrogens (tertiary/aromatic N) is 3. The molecule has 1 amide bonds. The van der Waals surface area contributed by atoms with Crippen molar-refractivity contribution in [1.29, 1.82) is 0 Å². The second kappa shape index (κ2) is 6.53. The summed E-state index contributed by atoms with van der Waals surface area (Å²) in [5, 5.41) is 6.93. The van der Waals surface area contributed by atoms with E-state index in [9.17, 15) is 18.0 Å². The van der Waals surface area contributed by atoms with Crippen LogP contribution in [-0.4, -0.2) is 20.7 Å². The normalized spacial score (nSPS) is 15.0. The first-order valence-corrected chi connectivity index (χ1v) is 8.36. The molecular weight excluding hydrogens is 357 g/mol. The van der Waals surface area contributed by atoms with Gasteiger partial charge in [-0.3, -0.25) is 9.78 Å². The van der Waals surface area contributed by atoms with Crippen LogP contribution < -0.4 is 5.32 Å². The molecule has 1 fully saturated rings. The minimum atomic E-state index is -2.64. The first kappa shape index (κ1) is 17.3. The lowest BCUT2D eigenvalue weighted by molar-refractivity contribution is -0.118. The maximum Gasteiger partial charge on any atom is 0.280 e. The lowest BCUT2D eigenvalue weighted by Crippen LogP contribution is -2.29. The molecular formula is C19H15F3N4O. The summed E-state index contributed by atoms with van der Waals surface area (Å²) in [6.45, 7) is 0. The van der Waals surface area contributed by atoms with Crippen LogP contribution >= 0.6 is 0 Å². The Morgan fingerprint density at radius 3 is 2.56 bits per heavy atom. The minimum absolute atomic E-state index is 0.292. The fraction of sp³-hybridized carbons (Fsp3) is 0.211. The number of hydrogen-bond donors (Lipinski definition) is 1. The van der Waals surface area contributed by atoms with Crippen LogP contribution in [0.4, 0.5) is 19.0 Å². The highest BCUT2D eigenvalue weighted by molar-refractivity contribution is 6.00. The van der Waals surface area contributed by atoms with Gasteiger partial charge < -0.3 is 5.32 Å². The molecule has 8 heteroatoms. The molecule has 0 bridgehead atoms. The van der Waals surface area contributed by atoms with Crippen molar-refractivity contribution in [3.05, 3.63) is 71.9 Å². The van der Waals surface area contributed by atoms with Gasteiger partial charge in [-0.05, 0) is 31.0 Å². The van der Waals surface area contributed by atoms with Crippen molar-refractivity contribution in [2.45, 2.75) is 24.7 Å². The molecule has 1 aromatic carbocycles. The van der Waals surface area contributed by atoms with Gasteiger partial charge in [0.15, 0.2) is 5.82 Å². The Bertz CT molecular complexity index is 981. The third-order valence-electron chi connectivity index (χ3n) is 4.66. The quantitative estimate of drug-likeness (QED) is 0.736. The third kappa shape index (κ3) is 3.18. The molecule has 0 atom stereocenters. The van der Waals surface area contributed by atoms with E-state index in [0.29, 0.717) is 29.9 Å². The summed E-state index contributed by atoms with van der Waals surface area (Å²) in [6, 6.07) is 10.5. The van der Waals surface area contributed by atoms with Gasteiger partial charge in [0.05, 0.1) is 17.3 Å². The van der Waals surface area contributed by atoms with Crippen LogP contribution in [0, 0.1) is 5.82 Å². The summed E-state index contributed by atoms with van der Waals surface area (Å²) in [5.41, 5.74) is -0.320. The highest BCUT2D eigenvalue weighted by Crippen LogP contribution is 2.49. The second-order valence-electron chi connectivity index (χ2n) is 6.40. The number of rotatable bonds is 5. The molecule has 1 saturated carbocycles. The van der Waals surface area contributed by atoms with Gasteiger partial charge in [-0.1, -0.05) is 18.2 Å². The summed E-state index contributed by atoms with van der Waals surface area (Å²) < 4.78 is 40.6. The van der Waals surface area contributed by atoms with Crippen LogP contribution in [0.15, 0.2) is 54.9 Å². The molecule has 2 aromatic heterocycles. The Kier molecular flexibility index (Phi) is 4.18. The highest BCUT2D eigenvalue weighted by Gasteiger charge is 2.52. The summed E-state index contributed by atoms with van der Waals surface area (Å²) in [7, 11) is 0. The number of hydrogen-bond acceptors (Lipinski definition) is 3. The average molecular weight is 372 g/mol. The Labute approximate surface area is 152 Å². The SMILES string of the molecule is O=C(Nc1ccn(-c2ccc(C(F)F)nc2)n1)C1(c2ccccc2F)CC1. The van der Waals surface area contributed by atoms with E-state index in [0.717, 1.165) is 0 Å². The van der Waals surface area contributed by atoms with Crippen LogP contribution in [0.3, 0.4) is 0 Å². The van der Waals surface area contributed by atoms with Crippen LogP contribution in [0.5, 0.6) is 0 Å². The van der Waals surface area contributed by atoms with Crippen molar-refractivity contribution >= 4 is 11.7 Å². The number of pyridine rings is 1. The Balaban J connectivity index is 1.51. The Morgan fingerprint density at radius 1 is 1.15 bits per heavy atom. The van der Waals surface area contributed by atoms with Crippen molar-refractivity contribution in [3.8, 4) is 5.69 Å². The van der Waals surface area contributed by atoms with Crippen molar-refractivity contribution in [2.24, 2.45) is 0 Å². The molecule has 1 aliphatic carbocycles. The number of anilines is 1. The van der Waals surface area contributed by atoms with Gasteiger partial charge in [-0.25, -0.2) is 17.9 Å². The van der Waals surface area contributed by atoms with Crippen LogP contribution in [0.2, 0.25) is 0 Å². The van der Waals surface area contributed by atoms with Crippen molar-refractivity contribution < 1.29 is 18.0 Å². The summed E-state index contributed by atoms with van der Waals surface area (Å²) in [4.78, 5) is 16.4. The molecule has 3 aromatic rings. The molecule has 27 heavy (non-hydrogen) atoms. The van der Waals surface area contributed by atoms with Gasteiger partial charge in [-0.15, -0.1) is 0 Å². The largest absolute Gasteiger partial charge is 0.308 e. The molecule has 5 nitrogen and oxygen atoms in total. The molecule has 0 spiro atoms. The molecule has 0 aliphatic heterocycles. The van der Waals surface area contributed by atoms with E-state index in [1.165, 1.54) is 29.1 Å². The number of halogens is 3. The number of benzene rings is 1. The summed E-state index contributed by atoms with van der Waals surface area (Å²) in [5.74, 6) is -0.426. The molecule has 0 saturated heterocycles. The molecule has 0 radical (unpaired) electrons. The van der Waals surface area contributed by atoms with Gasteiger partial charge >= 0.3 is 0 Å². The molecule has 0 unspecified atom stereocenters. The first-order valence-electron chi connectivity index (χ1n) is 8.36. The number of carbonyl (C=O) groups excluding carboxylic acids is 1. The average Bonchev–Trinajstić information content (AvgIpc) is 3.35. The smallest absolute Gasteiger partial charge is 0.280 e. The van der Waals surface area contributed by atoms with Crippen molar-refractivity contribution in [3.63, 3.8) is 0 Å². The number of carbonyl (C=O) groups is 1. The van der Waals surface area contributed by atoms with Gasteiger partial charge in [0.2, 0.25) is 5.91 Å². The second-order valence-corrected chi connectivity index (χ2v) is 6.40. The summed E-state index contributed by atoms with van der Waals surface area (Å²) in [6.07, 6.45) is 1.36. The topological polar surface area (TPSA) is 59.8 Å². The third-order valence-corrected chi connectivity index (χ3v) is 4.66. The van der Waals surface area contributed by atoms with E-state index in [1.54, 1.807) is 30.5 Å². The van der Waals surface area contributed by atoms with Crippen LogP contribution in [0.25, 0.3) is 5.69 Å². The number of alkyl halides is 2. The molecule has 4 rings (SSSR count). The lowest BCUT2D eigenvalue weighted by Gasteiger charge is -2.15. The highest BCUT2D eigenvalue weighted by atomic mass is 19.3. The number of aromatic nitrogens is 3.